The summed E-state index contributed by atoms with van der Waals surface area (Å²) in [7, 11) is 1.80. The summed E-state index contributed by atoms with van der Waals surface area (Å²) in [5.41, 5.74) is 8.06. The number of nitrogens with two attached hydrogens (primary N) is 1. The second kappa shape index (κ2) is 3.42. The van der Waals surface area contributed by atoms with Crippen molar-refractivity contribution >= 4 is 5.91 Å². The number of hydrogen-bond donors (Lipinski definition) is 1. The number of carbonyl (C=O) groups excluding carboxylic acids is 1. The van der Waals surface area contributed by atoms with Gasteiger partial charge in [0.15, 0.2) is 0 Å². The predicted molar refractivity (Wildman–Crippen MR) is 54.7 cm³/mol. The zero-order valence-corrected chi connectivity index (χ0v) is 8.23. The number of nitrogens with zero attached hydrogens (tertiary/aromatic N) is 1. The van der Waals surface area contributed by atoms with Crippen LogP contribution in [0.3, 0.4) is 0 Å². The lowest BCUT2D eigenvalue weighted by Gasteiger charge is -2.16. The standard InChI is InChI=1S/C11H14N2O/c1-13-7-6-8-4-2-3-5-9(8)10(12)11(13)14/h2-5,10H,6-7,12H2,1H3/t10-/m1/s1. The van der Waals surface area contributed by atoms with Crippen LogP contribution in [0.2, 0.25) is 0 Å². The molecule has 2 N–H and O–H groups in total. The number of likely N-dealkylation sites (N-methyl/N-ethyl adjacent to an activating group) is 1. The maximum Gasteiger partial charge on any atom is 0.243 e. The van der Waals surface area contributed by atoms with Gasteiger partial charge in [0.05, 0.1) is 0 Å². The van der Waals surface area contributed by atoms with Gasteiger partial charge in [-0.15, -0.1) is 0 Å². The lowest BCUT2D eigenvalue weighted by atomic mass is 10.00. The molecule has 1 aliphatic rings. The molecule has 0 bridgehead atoms. The third-order valence-corrected chi connectivity index (χ3v) is 2.75. The van der Waals surface area contributed by atoms with Crippen molar-refractivity contribution in [3.8, 4) is 0 Å². The number of fused-ring (bicyclic) bond motifs is 1. The Labute approximate surface area is 83.5 Å². The first-order valence-corrected chi connectivity index (χ1v) is 4.78. The second-order valence-electron chi connectivity index (χ2n) is 3.69. The Hall–Kier alpha value is -1.35. The molecule has 0 aromatic heterocycles. The number of hydrogen-bond acceptors (Lipinski definition) is 2. The molecule has 1 aromatic rings. The summed E-state index contributed by atoms with van der Waals surface area (Å²) in [4.78, 5) is 13.4. The topological polar surface area (TPSA) is 46.3 Å². The smallest absolute Gasteiger partial charge is 0.243 e. The largest absolute Gasteiger partial charge is 0.344 e. The van der Waals surface area contributed by atoms with Crippen molar-refractivity contribution in [2.45, 2.75) is 12.5 Å². The summed E-state index contributed by atoms with van der Waals surface area (Å²) in [6, 6.07) is 7.41. The fraction of sp³-hybridized carbons (Fsp3) is 0.364. The summed E-state index contributed by atoms with van der Waals surface area (Å²) in [6.07, 6.45) is 0.895. The Bertz CT molecular complexity index is 362. The Morgan fingerprint density at radius 3 is 2.93 bits per heavy atom. The Morgan fingerprint density at radius 2 is 2.14 bits per heavy atom. The predicted octanol–water partition coefficient (Wildman–Crippen LogP) is 0.701. The number of amides is 1. The van der Waals surface area contributed by atoms with E-state index < -0.39 is 6.04 Å². The molecule has 0 fully saturated rings. The number of benzene rings is 1. The van der Waals surface area contributed by atoms with Gasteiger partial charge in [0, 0.05) is 13.6 Å². The SMILES string of the molecule is CN1CCc2ccccc2[C@@H](N)C1=O. The summed E-state index contributed by atoms with van der Waals surface area (Å²) < 4.78 is 0. The van der Waals surface area contributed by atoms with E-state index in [9.17, 15) is 4.79 Å². The molecule has 1 aromatic carbocycles. The molecule has 0 unspecified atom stereocenters. The monoisotopic (exact) mass is 190 g/mol. The van der Waals surface area contributed by atoms with Crippen LogP contribution in [0.5, 0.6) is 0 Å². The highest BCUT2D eigenvalue weighted by Gasteiger charge is 2.24. The molecule has 0 saturated heterocycles. The summed E-state index contributed by atoms with van der Waals surface area (Å²) in [5.74, 6) is 0.00921. The molecule has 1 atom stereocenters. The minimum absolute atomic E-state index is 0.00921. The normalized spacial score (nSPS) is 21.7. The quantitative estimate of drug-likeness (QED) is 0.654. The van der Waals surface area contributed by atoms with Crippen molar-refractivity contribution < 1.29 is 4.79 Å². The molecule has 1 aliphatic heterocycles. The van der Waals surface area contributed by atoms with Crippen molar-refractivity contribution in [3.63, 3.8) is 0 Å². The van der Waals surface area contributed by atoms with Crippen LogP contribution >= 0.6 is 0 Å². The van der Waals surface area contributed by atoms with E-state index in [4.69, 9.17) is 5.73 Å². The maximum atomic E-state index is 11.7. The van der Waals surface area contributed by atoms with Gasteiger partial charge in [-0.3, -0.25) is 4.79 Å². The lowest BCUT2D eigenvalue weighted by Crippen LogP contribution is -2.34. The van der Waals surface area contributed by atoms with E-state index in [-0.39, 0.29) is 5.91 Å². The Morgan fingerprint density at radius 1 is 1.43 bits per heavy atom. The molecule has 2 rings (SSSR count). The molecule has 1 heterocycles. The highest BCUT2D eigenvalue weighted by atomic mass is 16.2. The second-order valence-corrected chi connectivity index (χ2v) is 3.69. The van der Waals surface area contributed by atoms with Gasteiger partial charge < -0.3 is 10.6 Å². The minimum Gasteiger partial charge on any atom is -0.344 e. The molecule has 1 amide bonds. The fourth-order valence-electron chi connectivity index (χ4n) is 1.83. The lowest BCUT2D eigenvalue weighted by molar-refractivity contribution is -0.131. The van der Waals surface area contributed by atoms with Crippen LogP contribution < -0.4 is 5.73 Å². The van der Waals surface area contributed by atoms with Gasteiger partial charge in [0.25, 0.3) is 0 Å². The summed E-state index contributed by atoms with van der Waals surface area (Å²) in [5, 5.41) is 0. The summed E-state index contributed by atoms with van der Waals surface area (Å²) in [6.45, 7) is 0.754. The van der Waals surface area contributed by atoms with Gasteiger partial charge in [-0.2, -0.15) is 0 Å². The first-order valence-electron chi connectivity index (χ1n) is 4.78. The number of rotatable bonds is 0. The van der Waals surface area contributed by atoms with Gasteiger partial charge in [-0.25, -0.2) is 0 Å². The first kappa shape index (κ1) is 9.21. The highest BCUT2D eigenvalue weighted by molar-refractivity contribution is 5.83. The zero-order valence-electron chi connectivity index (χ0n) is 8.23. The van der Waals surface area contributed by atoms with Gasteiger partial charge in [0.2, 0.25) is 5.91 Å². The van der Waals surface area contributed by atoms with Gasteiger partial charge >= 0.3 is 0 Å². The van der Waals surface area contributed by atoms with E-state index >= 15 is 0 Å². The molecule has 0 radical (unpaired) electrons. The van der Waals surface area contributed by atoms with Crippen molar-refractivity contribution in [2.75, 3.05) is 13.6 Å². The van der Waals surface area contributed by atoms with Crippen molar-refractivity contribution in [2.24, 2.45) is 5.73 Å². The molecule has 3 heteroatoms. The van der Waals surface area contributed by atoms with E-state index in [0.29, 0.717) is 0 Å². The van der Waals surface area contributed by atoms with Crippen LogP contribution in [0.25, 0.3) is 0 Å². The summed E-state index contributed by atoms with van der Waals surface area (Å²) >= 11 is 0. The third kappa shape index (κ3) is 1.40. The van der Waals surface area contributed by atoms with E-state index in [2.05, 4.69) is 0 Å². The van der Waals surface area contributed by atoms with E-state index in [1.54, 1.807) is 11.9 Å². The number of carbonyl (C=O) groups is 1. The average Bonchev–Trinajstić information content (AvgIpc) is 2.32. The molecule has 0 saturated carbocycles. The fourth-order valence-corrected chi connectivity index (χ4v) is 1.83. The van der Waals surface area contributed by atoms with Gasteiger partial charge in [-0.1, -0.05) is 24.3 Å². The van der Waals surface area contributed by atoms with Crippen LogP contribution in [0.1, 0.15) is 17.2 Å². The van der Waals surface area contributed by atoms with Crippen LogP contribution in [0.15, 0.2) is 24.3 Å². The van der Waals surface area contributed by atoms with E-state index in [0.717, 1.165) is 18.5 Å². The van der Waals surface area contributed by atoms with Crippen LogP contribution in [0, 0.1) is 0 Å². The third-order valence-electron chi connectivity index (χ3n) is 2.75. The molecular formula is C11H14N2O. The molecule has 3 nitrogen and oxygen atoms in total. The minimum atomic E-state index is -0.487. The van der Waals surface area contributed by atoms with Crippen molar-refractivity contribution in [1.29, 1.82) is 0 Å². The molecule has 14 heavy (non-hydrogen) atoms. The first-order chi connectivity index (χ1) is 6.70. The van der Waals surface area contributed by atoms with Gasteiger partial charge in [0.1, 0.15) is 6.04 Å². The Kier molecular flexibility index (Phi) is 2.25. The van der Waals surface area contributed by atoms with Crippen LogP contribution in [0.4, 0.5) is 0 Å². The molecule has 74 valence electrons. The maximum absolute atomic E-state index is 11.7. The average molecular weight is 190 g/mol. The molecule has 0 aliphatic carbocycles. The van der Waals surface area contributed by atoms with Gasteiger partial charge in [-0.05, 0) is 17.5 Å². The molecular weight excluding hydrogens is 176 g/mol. The van der Waals surface area contributed by atoms with E-state index in [1.165, 1.54) is 5.56 Å². The Balaban J connectivity index is 2.45. The van der Waals surface area contributed by atoms with Crippen LogP contribution in [-0.4, -0.2) is 24.4 Å². The highest BCUT2D eigenvalue weighted by Crippen LogP contribution is 2.21. The van der Waals surface area contributed by atoms with Crippen molar-refractivity contribution in [3.05, 3.63) is 35.4 Å². The van der Waals surface area contributed by atoms with Crippen LogP contribution in [-0.2, 0) is 11.2 Å². The van der Waals surface area contributed by atoms with E-state index in [1.807, 2.05) is 24.3 Å². The van der Waals surface area contributed by atoms with Crippen molar-refractivity contribution in [1.82, 2.24) is 4.90 Å². The zero-order chi connectivity index (χ0) is 10.1. The molecule has 0 spiro atoms.